The van der Waals surface area contributed by atoms with Crippen LogP contribution < -0.4 is 10.5 Å². The van der Waals surface area contributed by atoms with Crippen LogP contribution >= 0.6 is 12.4 Å². The molecule has 2 aromatic carbocycles. The standard InChI is InChI=1S/C26H29F3N6O3.ClH/c1-16(17-5-7-18(8-6-17)23-31-33-34-32-23)22-14-25(24(30)36,10-12-37-22)35-11-9-21(15-35)38-20-4-2-3-19(13-20)26(27,28)29;/h2-8,13,16,21-22H,9-12,14-15H2,1H3,(H2,30,36)(H,31,32,33,34);1H/t16-,21?,22?,25?;/m0./s1. The van der Waals surface area contributed by atoms with E-state index >= 15 is 0 Å². The molecular formula is C26H30ClF3N6O3. The first kappa shape index (κ1) is 28.8. The fourth-order valence-corrected chi connectivity index (χ4v) is 5.45. The highest BCUT2D eigenvalue weighted by atomic mass is 35.5. The number of tetrazole rings is 1. The first-order valence-electron chi connectivity index (χ1n) is 12.5. The molecule has 2 aliphatic rings. The molecule has 3 aromatic rings. The van der Waals surface area contributed by atoms with Crippen LogP contribution in [0.25, 0.3) is 11.4 Å². The molecule has 3 unspecified atom stereocenters. The van der Waals surface area contributed by atoms with Crippen LogP contribution in [0, 0.1) is 0 Å². The molecule has 2 fully saturated rings. The molecule has 9 nitrogen and oxygen atoms in total. The van der Waals surface area contributed by atoms with E-state index < -0.39 is 23.2 Å². The number of halogens is 4. The van der Waals surface area contributed by atoms with Gasteiger partial charge in [0.15, 0.2) is 0 Å². The lowest BCUT2D eigenvalue weighted by molar-refractivity contribution is -0.142. The highest BCUT2D eigenvalue weighted by Crippen LogP contribution is 2.39. The third kappa shape index (κ3) is 6.02. The fraction of sp³-hybridized carbons (Fsp3) is 0.462. The molecule has 210 valence electrons. The molecule has 2 saturated heterocycles. The molecule has 0 saturated carbocycles. The molecular weight excluding hydrogens is 537 g/mol. The number of aromatic amines is 1. The van der Waals surface area contributed by atoms with Crippen molar-refractivity contribution < 1.29 is 27.4 Å². The number of carbonyl (C=O) groups is 1. The summed E-state index contributed by atoms with van der Waals surface area (Å²) in [7, 11) is 0. The molecule has 3 N–H and O–H groups in total. The van der Waals surface area contributed by atoms with E-state index in [0.29, 0.717) is 44.8 Å². The second-order valence-electron chi connectivity index (χ2n) is 9.91. The summed E-state index contributed by atoms with van der Waals surface area (Å²) in [5.74, 6) is 0.211. The number of alkyl halides is 3. The number of ether oxygens (including phenoxy) is 2. The van der Waals surface area contributed by atoms with E-state index in [-0.39, 0.29) is 36.3 Å². The number of nitrogens with one attached hydrogen (secondary N) is 1. The molecule has 13 heteroatoms. The zero-order valence-electron chi connectivity index (χ0n) is 21.2. The minimum absolute atomic E-state index is 0. The van der Waals surface area contributed by atoms with Gasteiger partial charge in [-0.1, -0.05) is 37.3 Å². The summed E-state index contributed by atoms with van der Waals surface area (Å²) in [6.07, 6.45) is -3.63. The number of amides is 1. The van der Waals surface area contributed by atoms with Gasteiger partial charge in [0.1, 0.15) is 17.4 Å². The summed E-state index contributed by atoms with van der Waals surface area (Å²) in [4.78, 5) is 14.9. The van der Waals surface area contributed by atoms with E-state index in [0.717, 1.165) is 23.3 Å². The largest absolute Gasteiger partial charge is 0.489 e. The number of hydrogen-bond acceptors (Lipinski definition) is 7. The number of H-pyrrole nitrogens is 1. The number of likely N-dealkylation sites (tertiary alicyclic amines) is 1. The predicted molar refractivity (Wildman–Crippen MR) is 138 cm³/mol. The molecule has 0 bridgehead atoms. The third-order valence-electron chi connectivity index (χ3n) is 7.66. The lowest BCUT2D eigenvalue weighted by Crippen LogP contribution is -2.61. The summed E-state index contributed by atoms with van der Waals surface area (Å²) in [5.41, 5.74) is 6.18. The smallest absolute Gasteiger partial charge is 0.416 e. The lowest BCUT2D eigenvalue weighted by Gasteiger charge is -2.46. The maximum Gasteiger partial charge on any atom is 0.416 e. The van der Waals surface area contributed by atoms with Crippen LogP contribution in [0.5, 0.6) is 5.75 Å². The predicted octanol–water partition coefficient (Wildman–Crippen LogP) is 3.97. The molecule has 0 aliphatic carbocycles. The summed E-state index contributed by atoms with van der Waals surface area (Å²) in [5, 5.41) is 14.0. The Morgan fingerprint density at radius 1 is 1.26 bits per heavy atom. The maximum absolute atomic E-state index is 13.1. The number of nitrogens with two attached hydrogens (primary N) is 1. The van der Waals surface area contributed by atoms with Gasteiger partial charge in [0.2, 0.25) is 11.7 Å². The fourth-order valence-electron chi connectivity index (χ4n) is 5.45. The van der Waals surface area contributed by atoms with Crippen molar-refractivity contribution in [1.82, 2.24) is 25.5 Å². The van der Waals surface area contributed by atoms with Crippen LogP contribution in [0.15, 0.2) is 48.5 Å². The van der Waals surface area contributed by atoms with Gasteiger partial charge in [-0.25, -0.2) is 0 Å². The average Bonchev–Trinajstić information content (AvgIpc) is 3.61. The quantitative estimate of drug-likeness (QED) is 0.444. The second kappa shape index (κ2) is 11.5. The first-order chi connectivity index (χ1) is 18.2. The van der Waals surface area contributed by atoms with Crippen LogP contribution in [0.4, 0.5) is 13.2 Å². The van der Waals surface area contributed by atoms with Crippen molar-refractivity contribution in [2.75, 3.05) is 19.7 Å². The number of primary amides is 1. The normalized spacial score (nSPS) is 24.6. The van der Waals surface area contributed by atoms with Crippen LogP contribution in [0.3, 0.4) is 0 Å². The summed E-state index contributed by atoms with van der Waals surface area (Å²) < 4.78 is 51.3. The molecule has 2 aliphatic heterocycles. The molecule has 1 aromatic heterocycles. The van der Waals surface area contributed by atoms with E-state index in [1.165, 1.54) is 12.1 Å². The highest BCUT2D eigenvalue weighted by molar-refractivity contribution is 5.85. The monoisotopic (exact) mass is 566 g/mol. The number of carbonyl (C=O) groups excluding carboxylic acids is 1. The first-order valence-corrected chi connectivity index (χ1v) is 12.5. The SMILES string of the molecule is C[C@@H](c1ccc(-c2nn[nH]n2)cc1)C1CC(C(N)=O)(N2CCC(Oc3cccc(C(F)(F)F)c3)C2)CCO1.Cl. The lowest BCUT2D eigenvalue weighted by atomic mass is 9.79. The van der Waals surface area contributed by atoms with Crippen molar-refractivity contribution in [1.29, 1.82) is 0 Å². The van der Waals surface area contributed by atoms with E-state index in [2.05, 4.69) is 27.5 Å². The van der Waals surface area contributed by atoms with E-state index in [4.69, 9.17) is 15.2 Å². The van der Waals surface area contributed by atoms with Gasteiger partial charge in [-0.3, -0.25) is 9.69 Å². The Kier molecular flexibility index (Phi) is 8.48. The highest BCUT2D eigenvalue weighted by Gasteiger charge is 2.50. The van der Waals surface area contributed by atoms with Crippen molar-refractivity contribution in [3.8, 4) is 17.1 Å². The number of rotatable bonds is 7. The Labute approximate surface area is 229 Å². The zero-order chi connectivity index (χ0) is 26.9. The molecule has 4 atom stereocenters. The second-order valence-corrected chi connectivity index (χ2v) is 9.91. The van der Waals surface area contributed by atoms with Gasteiger partial charge in [0.25, 0.3) is 0 Å². The third-order valence-corrected chi connectivity index (χ3v) is 7.66. The number of aromatic nitrogens is 4. The van der Waals surface area contributed by atoms with Crippen LogP contribution in [-0.2, 0) is 15.7 Å². The van der Waals surface area contributed by atoms with Crippen LogP contribution in [0.2, 0.25) is 0 Å². The Morgan fingerprint density at radius 3 is 2.69 bits per heavy atom. The maximum atomic E-state index is 13.1. The van der Waals surface area contributed by atoms with Crippen molar-refractivity contribution in [2.24, 2.45) is 5.73 Å². The van der Waals surface area contributed by atoms with Crippen LogP contribution in [-0.4, -0.2) is 68.9 Å². The van der Waals surface area contributed by atoms with Crippen molar-refractivity contribution in [3.63, 3.8) is 0 Å². The Bertz CT molecular complexity index is 1260. The Hall–Kier alpha value is -3.22. The minimum atomic E-state index is -4.45. The summed E-state index contributed by atoms with van der Waals surface area (Å²) in [6, 6.07) is 12.6. The van der Waals surface area contributed by atoms with Gasteiger partial charge >= 0.3 is 6.18 Å². The molecule has 0 spiro atoms. The van der Waals surface area contributed by atoms with Crippen molar-refractivity contribution in [3.05, 3.63) is 59.7 Å². The van der Waals surface area contributed by atoms with Crippen molar-refractivity contribution >= 4 is 18.3 Å². The van der Waals surface area contributed by atoms with Gasteiger partial charge in [0, 0.05) is 37.6 Å². The van der Waals surface area contributed by atoms with Crippen molar-refractivity contribution in [2.45, 2.75) is 56.0 Å². The summed E-state index contributed by atoms with van der Waals surface area (Å²) >= 11 is 0. The van der Waals surface area contributed by atoms with Gasteiger partial charge in [-0.2, -0.15) is 18.4 Å². The molecule has 39 heavy (non-hydrogen) atoms. The Morgan fingerprint density at radius 2 is 2.03 bits per heavy atom. The number of nitrogens with zero attached hydrogens (tertiary/aromatic N) is 4. The Balaban J connectivity index is 0.00000353. The van der Waals surface area contributed by atoms with E-state index in [1.54, 1.807) is 0 Å². The van der Waals surface area contributed by atoms with Gasteiger partial charge in [-0.15, -0.1) is 22.6 Å². The number of benzene rings is 2. The van der Waals surface area contributed by atoms with Crippen LogP contribution in [0.1, 0.15) is 43.2 Å². The van der Waals surface area contributed by atoms with E-state index in [1.807, 2.05) is 29.2 Å². The summed E-state index contributed by atoms with van der Waals surface area (Å²) in [6.45, 7) is 3.36. The van der Waals surface area contributed by atoms with Gasteiger partial charge in [-0.05, 0) is 41.8 Å². The topological polar surface area (TPSA) is 119 Å². The van der Waals surface area contributed by atoms with Gasteiger partial charge in [0.05, 0.1) is 11.7 Å². The minimum Gasteiger partial charge on any atom is -0.489 e. The number of hydrogen-bond donors (Lipinski definition) is 2. The zero-order valence-corrected chi connectivity index (χ0v) is 22.0. The molecule has 1 amide bonds. The van der Waals surface area contributed by atoms with E-state index in [9.17, 15) is 18.0 Å². The molecule has 0 radical (unpaired) electrons. The van der Waals surface area contributed by atoms with Gasteiger partial charge < -0.3 is 15.2 Å². The average molecular weight is 567 g/mol. The molecule has 5 rings (SSSR count). The molecule has 3 heterocycles.